The summed E-state index contributed by atoms with van der Waals surface area (Å²) in [4.78, 5) is 20.5. The highest BCUT2D eigenvalue weighted by atomic mass is 16.5. The van der Waals surface area contributed by atoms with Gasteiger partial charge in [-0.15, -0.1) is 0 Å². The minimum absolute atomic E-state index is 0.00450. The first-order chi connectivity index (χ1) is 10.2. The monoisotopic (exact) mass is 286 g/mol. The second-order valence-corrected chi connectivity index (χ2v) is 5.19. The van der Waals surface area contributed by atoms with E-state index in [1.807, 2.05) is 6.92 Å². The summed E-state index contributed by atoms with van der Waals surface area (Å²) in [7, 11) is 0. The van der Waals surface area contributed by atoms with E-state index in [4.69, 9.17) is 4.74 Å². The standard InChI is InChI=1S/C15H18N4O2/c1-11(13-3-2-8-21-13)18-15(20)12-4-5-17-14(9-12)19-7-6-16-10-19/h4-7,9-11,13H,2-3,8H2,1H3,(H,18,20)/t11-,13+/m1/s1. The van der Waals surface area contributed by atoms with Crippen LogP contribution in [0.15, 0.2) is 37.1 Å². The van der Waals surface area contributed by atoms with Gasteiger partial charge in [-0.1, -0.05) is 0 Å². The molecule has 21 heavy (non-hydrogen) atoms. The fraction of sp³-hybridized carbons (Fsp3) is 0.400. The largest absolute Gasteiger partial charge is 0.376 e. The van der Waals surface area contributed by atoms with Gasteiger partial charge in [-0.25, -0.2) is 9.97 Å². The average Bonchev–Trinajstić information content (AvgIpc) is 3.20. The summed E-state index contributed by atoms with van der Waals surface area (Å²) in [5.74, 6) is 0.562. The van der Waals surface area contributed by atoms with Crippen LogP contribution >= 0.6 is 0 Å². The molecule has 0 saturated carbocycles. The lowest BCUT2D eigenvalue weighted by atomic mass is 10.1. The Morgan fingerprint density at radius 3 is 3.14 bits per heavy atom. The van der Waals surface area contributed by atoms with Crippen molar-refractivity contribution in [2.75, 3.05) is 6.61 Å². The van der Waals surface area contributed by atoms with Gasteiger partial charge in [0.15, 0.2) is 0 Å². The second-order valence-electron chi connectivity index (χ2n) is 5.19. The number of pyridine rings is 1. The molecule has 0 radical (unpaired) electrons. The first-order valence-electron chi connectivity index (χ1n) is 7.11. The third-order valence-electron chi connectivity index (χ3n) is 3.66. The second kappa shape index (κ2) is 6.05. The normalized spacial score (nSPS) is 19.4. The lowest BCUT2D eigenvalue weighted by Crippen LogP contribution is -2.40. The molecule has 6 nitrogen and oxygen atoms in total. The molecule has 2 aromatic rings. The summed E-state index contributed by atoms with van der Waals surface area (Å²) in [6, 6.07) is 3.46. The molecule has 1 aliphatic heterocycles. The molecule has 1 amide bonds. The van der Waals surface area contributed by atoms with Crippen LogP contribution in [0.5, 0.6) is 0 Å². The number of carbonyl (C=O) groups excluding carboxylic acids is 1. The van der Waals surface area contributed by atoms with Gasteiger partial charge in [0.25, 0.3) is 5.91 Å². The highest BCUT2D eigenvalue weighted by Gasteiger charge is 2.24. The molecule has 0 spiro atoms. The predicted molar refractivity (Wildman–Crippen MR) is 77.3 cm³/mol. The molecule has 0 bridgehead atoms. The van der Waals surface area contributed by atoms with Crippen molar-refractivity contribution in [1.82, 2.24) is 19.9 Å². The molecule has 2 aromatic heterocycles. The van der Waals surface area contributed by atoms with Crippen LogP contribution in [-0.2, 0) is 4.74 Å². The smallest absolute Gasteiger partial charge is 0.251 e. The highest BCUT2D eigenvalue weighted by molar-refractivity contribution is 5.94. The van der Waals surface area contributed by atoms with Gasteiger partial charge in [0.1, 0.15) is 12.1 Å². The molecule has 1 fully saturated rings. The average molecular weight is 286 g/mol. The molecule has 0 aromatic carbocycles. The van der Waals surface area contributed by atoms with Gasteiger partial charge >= 0.3 is 0 Å². The Hall–Kier alpha value is -2.21. The van der Waals surface area contributed by atoms with Crippen molar-refractivity contribution in [3.05, 3.63) is 42.6 Å². The number of ether oxygens (including phenoxy) is 1. The molecule has 2 atom stereocenters. The molecule has 3 heterocycles. The van der Waals surface area contributed by atoms with Crippen LogP contribution in [0.4, 0.5) is 0 Å². The van der Waals surface area contributed by atoms with Crippen molar-refractivity contribution < 1.29 is 9.53 Å². The van der Waals surface area contributed by atoms with Crippen molar-refractivity contribution in [3.63, 3.8) is 0 Å². The predicted octanol–water partition coefficient (Wildman–Crippen LogP) is 1.56. The number of aromatic nitrogens is 3. The molecule has 0 aliphatic carbocycles. The van der Waals surface area contributed by atoms with Crippen LogP contribution in [0.1, 0.15) is 30.1 Å². The van der Waals surface area contributed by atoms with E-state index in [9.17, 15) is 4.79 Å². The topological polar surface area (TPSA) is 69.0 Å². The molecule has 6 heteroatoms. The molecular weight excluding hydrogens is 268 g/mol. The van der Waals surface area contributed by atoms with Crippen LogP contribution in [0.25, 0.3) is 5.82 Å². The quantitative estimate of drug-likeness (QED) is 0.926. The van der Waals surface area contributed by atoms with E-state index in [1.165, 1.54) is 0 Å². The van der Waals surface area contributed by atoms with E-state index in [1.54, 1.807) is 41.6 Å². The van der Waals surface area contributed by atoms with Gasteiger partial charge in [0, 0.05) is 30.8 Å². The van der Waals surface area contributed by atoms with Crippen molar-refractivity contribution in [2.24, 2.45) is 0 Å². The Labute approximate surface area is 123 Å². The van der Waals surface area contributed by atoms with E-state index in [2.05, 4.69) is 15.3 Å². The number of amides is 1. The summed E-state index contributed by atoms with van der Waals surface area (Å²) in [6.07, 6.45) is 8.92. The summed E-state index contributed by atoms with van der Waals surface area (Å²) >= 11 is 0. The number of nitrogens with one attached hydrogen (secondary N) is 1. The molecular formula is C15H18N4O2. The van der Waals surface area contributed by atoms with Crippen molar-refractivity contribution >= 4 is 5.91 Å². The summed E-state index contributed by atoms with van der Waals surface area (Å²) in [5, 5.41) is 2.99. The molecule has 1 aliphatic rings. The number of imidazole rings is 1. The first-order valence-corrected chi connectivity index (χ1v) is 7.11. The Balaban J connectivity index is 1.71. The van der Waals surface area contributed by atoms with E-state index < -0.39 is 0 Å². The fourth-order valence-electron chi connectivity index (χ4n) is 2.48. The summed E-state index contributed by atoms with van der Waals surface area (Å²) in [5.41, 5.74) is 0.582. The first kappa shape index (κ1) is 13.8. The maximum Gasteiger partial charge on any atom is 0.251 e. The molecule has 0 unspecified atom stereocenters. The maximum atomic E-state index is 12.3. The van der Waals surface area contributed by atoms with Crippen LogP contribution in [-0.4, -0.2) is 39.2 Å². The van der Waals surface area contributed by atoms with E-state index in [0.717, 1.165) is 19.4 Å². The van der Waals surface area contributed by atoms with Gasteiger partial charge in [0.2, 0.25) is 0 Å². The Bertz CT molecular complexity index is 606. The Kier molecular flexibility index (Phi) is 3.96. The Morgan fingerprint density at radius 1 is 1.52 bits per heavy atom. The molecule has 3 rings (SSSR count). The van der Waals surface area contributed by atoms with Gasteiger partial charge < -0.3 is 10.1 Å². The van der Waals surface area contributed by atoms with Crippen molar-refractivity contribution in [2.45, 2.75) is 31.9 Å². The van der Waals surface area contributed by atoms with Crippen LogP contribution in [0.2, 0.25) is 0 Å². The van der Waals surface area contributed by atoms with Crippen LogP contribution < -0.4 is 5.32 Å². The van der Waals surface area contributed by atoms with E-state index in [-0.39, 0.29) is 18.1 Å². The number of hydrogen-bond acceptors (Lipinski definition) is 4. The fourth-order valence-corrected chi connectivity index (χ4v) is 2.48. The third-order valence-corrected chi connectivity index (χ3v) is 3.66. The van der Waals surface area contributed by atoms with Crippen molar-refractivity contribution in [1.29, 1.82) is 0 Å². The zero-order valence-electron chi connectivity index (χ0n) is 11.9. The SMILES string of the molecule is C[C@@H](NC(=O)c1ccnc(-n2ccnc2)c1)[C@@H]1CCCO1. The highest BCUT2D eigenvalue weighted by Crippen LogP contribution is 2.16. The number of hydrogen-bond donors (Lipinski definition) is 1. The maximum absolute atomic E-state index is 12.3. The zero-order valence-corrected chi connectivity index (χ0v) is 11.9. The van der Waals surface area contributed by atoms with Gasteiger partial charge in [-0.05, 0) is 31.9 Å². The Morgan fingerprint density at radius 2 is 2.43 bits per heavy atom. The third kappa shape index (κ3) is 3.11. The molecule has 110 valence electrons. The van der Waals surface area contributed by atoms with Crippen LogP contribution in [0.3, 0.4) is 0 Å². The minimum atomic E-state index is -0.109. The van der Waals surface area contributed by atoms with Gasteiger partial charge in [0.05, 0.1) is 12.1 Å². The lowest BCUT2D eigenvalue weighted by molar-refractivity contribution is 0.0712. The number of rotatable bonds is 4. The van der Waals surface area contributed by atoms with E-state index in [0.29, 0.717) is 11.4 Å². The number of nitrogens with zero attached hydrogens (tertiary/aromatic N) is 3. The summed E-state index contributed by atoms with van der Waals surface area (Å²) in [6.45, 7) is 2.76. The zero-order chi connectivity index (χ0) is 14.7. The summed E-state index contributed by atoms with van der Waals surface area (Å²) < 4.78 is 7.36. The van der Waals surface area contributed by atoms with Gasteiger partial charge in [-0.3, -0.25) is 9.36 Å². The van der Waals surface area contributed by atoms with E-state index >= 15 is 0 Å². The molecule has 1 saturated heterocycles. The minimum Gasteiger partial charge on any atom is -0.376 e. The lowest BCUT2D eigenvalue weighted by Gasteiger charge is -2.20. The number of carbonyl (C=O) groups is 1. The van der Waals surface area contributed by atoms with Crippen molar-refractivity contribution in [3.8, 4) is 5.82 Å². The van der Waals surface area contributed by atoms with Crippen LogP contribution in [0, 0.1) is 0 Å². The van der Waals surface area contributed by atoms with Gasteiger partial charge in [-0.2, -0.15) is 0 Å². The molecule has 1 N–H and O–H groups in total.